The van der Waals surface area contributed by atoms with Crippen molar-refractivity contribution in [1.82, 2.24) is 0 Å². The topological polar surface area (TPSA) is 273 Å². The third-order valence-corrected chi connectivity index (χ3v) is 19.8. The first-order chi connectivity index (χ1) is 35.0. The molecule has 6 saturated carbocycles. The van der Waals surface area contributed by atoms with Crippen LogP contribution in [0.4, 0.5) is 0 Å². The van der Waals surface area contributed by atoms with Crippen molar-refractivity contribution >= 4 is 47.0 Å². The van der Waals surface area contributed by atoms with Crippen LogP contribution in [0.1, 0.15) is 130 Å². The SMILES string of the molecule is C[C@]12C=CC(=O)C=C1CCC1C2[C@@H](O)C[C@@]2(C)C1CC[C@]2(O)C(=O)COC(=O)CCC(=O)OCCOCCOCCOC(=O)CCC(=O)OCC(=O)[C@@]1(O)CCC2C3CCC4=CC(=O)CC[C@]4(C)C3[C@@H](O)C[C@@]21C. The fourth-order valence-electron chi connectivity index (χ4n) is 15.9. The minimum absolute atomic E-state index is 0.0200. The first-order valence-corrected chi connectivity index (χ1v) is 26.8. The Morgan fingerprint density at radius 3 is 1.51 bits per heavy atom. The van der Waals surface area contributed by atoms with Crippen LogP contribution in [-0.2, 0) is 66.8 Å². The summed E-state index contributed by atoms with van der Waals surface area (Å²) in [5.41, 5.74) is -4.13. The van der Waals surface area contributed by atoms with Crippen molar-refractivity contribution in [2.24, 2.45) is 57.2 Å². The maximum atomic E-state index is 13.6. The van der Waals surface area contributed by atoms with Crippen molar-refractivity contribution in [3.8, 4) is 0 Å². The minimum Gasteiger partial charge on any atom is -0.463 e. The predicted molar refractivity (Wildman–Crippen MR) is 260 cm³/mol. The fraction of sp³-hybridized carbons (Fsp3) is 0.750. The predicted octanol–water partition coefficient (Wildman–Crippen LogP) is 4.13. The zero-order valence-electron chi connectivity index (χ0n) is 43.4. The quantitative estimate of drug-likeness (QED) is 0.0715. The highest BCUT2D eigenvalue weighted by molar-refractivity contribution is 6.01. The number of ether oxygens (including phenoxy) is 6. The van der Waals surface area contributed by atoms with E-state index in [1.807, 2.05) is 19.9 Å². The summed E-state index contributed by atoms with van der Waals surface area (Å²) >= 11 is 0. The van der Waals surface area contributed by atoms with Crippen molar-refractivity contribution in [3.05, 3.63) is 35.5 Å². The van der Waals surface area contributed by atoms with Gasteiger partial charge < -0.3 is 48.8 Å². The molecule has 408 valence electrons. The molecular formula is C56H76O18. The third-order valence-electron chi connectivity index (χ3n) is 19.8. The van der Waals surface area contributed by atoms with Gasteiger partial charge in [-0.05, 0) is 124 Å². The molecule has 18 heteroatoms. The lowest BCUT2D eigenvalue weighted by molar-refractivity contribution is -0.184. The van der Waals surface area contributed by atoms with E-state index in [0.29, 0.717) is 32.1 Å². The van der Waals surface area contributed by atoms with Crippen LogP contribution in [0.25, 0.3) is 0 Å². The van der Waals surface area contributed by atoms with Gasteiger partial charge in [0.25, 0.3) is 0 Å². The molecule has 0 bridgehead atoms. The lowest BCUT2D eigenvalue weighted by Gasteiger charge is -2.60. The van der Waals surface area contributed by atoms with Crippen molar-refractivity contribution in [1.29, 1.82) is 0 Å². The molecule has 0 aliphatic heterocycles. The van der Waals surface area contributed by atoms with Crippen LogP contribution < -0.4 is 0 Å². The normalized spacial score (nSPS) is 38.6. The Morgan fingerprint density at radius 2 is 1.00 bits per heavy atom. The molecule has 8 aliphatic rings. The summed E-state index contributed by atoms with van der Waals surface area (Å²) in [4.78, 5) is 101. The van der Waals surface area contributed by atoms with Gasteiger partial charge in [-0.15, -0.1) is 0 Å². The van der Waals surface area contributed by atoms with Gasteiger partial charge in [-0.1, -0.05) is 44.9 Å². The Hall–Kier alpha value is -4.46. The summed E-state index contributed by atoms with van der Waals surface area (Å²) in [7, 11) is 0. The number of ketones is 4. The molecule has 0 saturated heterocycles. The number of aliphatic hydroxyl groups is 4. The molecule has 8 aliphatic carbocycles. The van der Waals surface area contributed by atoms with Crippen LogP contribution in [0, 0.1) is 57.2 Å². The summed E-state index contributed by atoms with van der Waals surface area (Å²) in [5.74, 6) is -4.34. The second kappa shape index (κ2) is 21.9. The number of Topliss-reactive ketones (excluding diaryl/α,β-unsaturated/α-hetero) is 2. The van der Waals surface area contributed by atoms with E-state index in [1.54, 1.807) is 18.2 Å². The van der Waals surface area contributed by atoms with E-state index >= 15 is 0 Å². The fourth-order valence-corrected chi connectivity index (χ4v) is 15.9. The first-order valence-electron chi connectivity index (χ1n) is 26.8. The van der Waals surface area contributed by atoms with Crippen LogP contribution >= 0.6 is 0 Å². The Labute approximate surface area is 432 Å². The Morgan fingerprint density at radius 1 is 0.554 bits per heavy atom. The van der Waals surface area contributed by atoms with E-state index in [-0.39, 0.29) is 143 Å². The van der Waals surface area contributed by atoms with Gasteiger partial charge in [0.15, 0.2) is 24.8 Å². The van der Waals surface area contributed by atoms with Gasteiger partial charge in [0, 0.05) is 28.6 Å². The summed E-state index contributed by atoms with van der Waals surface area (Å²) in [5, 5.41) is 47.0. The standard InChI is InChI=1S/C56H76O18/c1-51-17-13-35(57)27-33(51)5-7-37-39-15-19-55(67,53(39,3)29-41(59)49(37)51)43(61)31-73-47(65)11-9-45(63)71-25-23-69-21-22-70-24-26-72-46(64)10-12-48(66)74-32-44(62)56(68)20-16-40-38-8-6-34-28-36(58)14-18-52(34,2)50(38)42(60)30-54(40,56)4/h13,17,27-28,37-42,49-50,59-60,67-68H,5-12,14-16,18-26,29-32H2,1-4H3/t37?,38?,39?,40?,41-,42-,49?,50?,51-,52-,53-,54-,55-,56-/m0/s1. The highest BCUT2D eigenvalue weighted by Crippen LogP contribution is 2.69. The molecule has 0 radical (unpaired) electrons. The first kappa shape index (κ1) is 55.8. The van der Waals surface area contributed by atoms with Crippen LogP contribution in [-0.4, -0.2) is 144 Å². The molecule has 4 N–H and O–H groups in total. The summed E-state index contributed by atoms with van der Waals surface area (Å²) in [6.45, 7) is 6.74. The summed E-state index contributed by atoms with van der Waals surface area (Å²) in [6, 6.07) is 0. The zero-order chi connectivity index (χ0) is 53.4. The number of hydrogen-bond donors (Lipinski definition) is 4. The minimum atomic E-state index is -1.81. The number of fused-ring (bicyclic) bond motifs is 10. The molecule has 0 aromatic heterocycles. The van der Waals surface area contributed by atoms with E-state index in [9.17, 15) is 58.8 Å². The van der Waals surface area contributed by atoms with Crippen molar-refractivity contribution in [2.75, 3.05) is 52.9 Å². The smallest absolute Gasteiger partial charge is 0.306 e. The maximum absolute atomic E-state index is 13.6. The average molecular weight is 1040 g/mol. The molecule has 0 spiro atoms. The molecule has 8 rings (SSSR count). The molecule has 0 amide bonds. The lowest BCUT2D eigenvalue weighted by Crippen LogP contribution is -2.62. The van der Waals surface area contributed by atoms with Gasteiger partial charge in [-0.25, -0.2) is 0 Å². The number of carbonyl (C=O) groups excluding carboxylic acids is 8. The lowest BCUT2D eigenvalue weighted by atomic mass is 9.45. The highest BCUT2D eigenvalue weighted by Gasteiger charge is 2.70. The van der Waals surface area contributed by atoms with E-state index in [0.717, 1.165) is 30.4 Å². The van der Waals surface area contributed by atoms with Crippen molar-refractivity contribution in [2.45, 2.75) is 154 Å². The highest BCUT2D eigenvalue weighted by atomic mass is 16.6. The third kappa shape index (κ3) is 10.3. The molecule has 74 heavy (non-hydrogen) atoms. The second-order valence-corrected chi connectivity index (χ2v) is 23.4. The number of allylic oxidation sites excluding steroid dienone is 5. The van der Waals surface area contributed by atoms with Gasteiger partial charge in [0.2, 0.25) is 11.6 Å². The number of aliphatic hydroxyl groups excluding tert-OH is 2. The zero-order valence-corrected chi connectivity index (χ0v) is 43.4. The largest absolute Gasteiger partial charge is 0.463 e. The molecular weight excluding hydrogens is 961 g/mol. The Bertz CT molecular complexity index is 2340. The second-order valence-electron chi connectivity index (χ2n) is 23.4. The molecule has 6 unspecified atom stereocenters. The Balaban J connectivity index is 0.638. The molecule has 0 aromatic rings. The van der Waals surface area contributed by atoms with Crippen LogP contribution in [0.5, 0.6) is 0 Å². The Kier molecular flexibility index (Phi) is 16.5. The number of esters is 4. The number of carbonyl (C=O) groups is 8. The molecule has 0 heterocycles. The maximum Gasteiger partial charge on any atom is 0.306 e. The van der Waals surface area contributed by atoms with Crippen molar-refractivity contribution in [3.63, 3.8) is 0 Å². The van der Waals surface area contributed by atoms with Crippen molar-refractivity contribution < 1.29 is 87.2 Å². The molecule has 6 fully saturated rings. The van der Waals surface area contributed by atoms with E-state index in [4.69, 9.17) is 28.4 Å². The number of rotatable bonds is 21. The van der Waals surface area contributed by atoms with Gasteiger partial charge in [0.1, 0.15) is 24.4 Å². The van der Waals surface area contributed by atoms with Gasteiger partial charge >= 0.3 is 23.9 Å². The van der Waals surface area contributed by atoms with Gasteiger partial charge in [-0.3, -0.25) is 38.4 Å². The van der Waals surface area contributed by atoms with Gasteiger partial charge in [0.05, 0.1) is 64.3 Å². The summed E-state index contributed by atoms with van der Waals surface area (Å²) in [6.07, 6.45) is 10.1. The number of hydrogen-bond acceptors (Lipinski definition) is 18. The van der Waals surface area contributed by atoms with Crippen LogP contribution in [0.2, 0.25) is 0 Å². The molecule has 18 nitrogen and oxygen atoms in total. The van der Waals surface area contributed by atoms with Gasteiger partial charge in [-0.2, -0.15) is 0 Å². The van der Waals surface area contributed by atoms with E-state index in [1.165, 1.54) is 0 Å². The summed E-state index contributed by atoms with van der Waals surface area (Å²) < 4.78 is 31.4. The van der Waals surface area contributed by atoms with E-state index < -0.39 is 88.3 Å². The van der Waals surface area contributed by atoms with E-state index in [2.05, 4.69) is 13.8 Å². The molecule has 14 atom stereocenters. The average Bonchev–Trinajstić information content (AvgIpc) is 3.81. The molecule has 0 aromatic carbocycles. The monoisotopic (exact) mass is 1040 g/mol. The van der Waals surface area contributed by atoms with Crippen LogP contribution in [0.3, 0.4) is 0 Å². The van der Waals surface area contributed by atoms with Crippen LogP contribution in [0.15, 0.2) is 35.5 Å².